The van der Waals surface area contributed by atoms with Crippen molar-refractivity contribution in [3.8, 4) is 0 Å². The van der Waals surface area contributed by atoms with Gasteiger partial charge in [-0.1, -0.05) is 6.07 Å². The van der Waals surface area contributed by atoms with Crippen LogP contribution in [0.4, 0.5) is 33.1 Å². The van der Waals surface area contributed by atoms with Crippen LogP contribution in [0.15, 0.2) is 60.9 Å². The molecule has 3 aromatic rings. The van der Waals surface area contributed by atoms with E-state index in [2.05, 4.69) is 49.8 Å². The number of anilines is 5. The van der Waals surface area contributed by atoms with E-state index in [-0.39, 0.29) is 5.82 Å². The van der Waals surface area contributed by atoms with Crippen molar-refractivity contribution in [2.24, 2.45) is 0 Å². The van der Waals surface area contributed by atoms with Crippen LogP contribution in [0.25, 0.3) is 0 Å². The molecule has 2 N–H and O–H groups in total. The molecular formula is C21H22FN5. The first kappa shape index (κ1) is 17.3. The second kappa shape index (κ2) is 8.03. The van der Waals surface area contributed by atoms with Crippen molar-refractivity contribution in [1.82, 2.24) is 9.97 Å². The molecule has 1 saturated heterocycles. The van der Waals surface area contributed by atoms with E-state index >= 15 is 0 Å². The molecule has 4 rings (SSSR count). The third kappa shape index (κ3) is 4.53. The van der Waals surface area contributed by atoms with Gasteiger partial charge in [-0.05, 0) is 61.7 Å². The fourth-order valence-electron chi connectivity index (χ4n) is 3.26. The van der Waals surface area contributed by atoms with E-state index in [1.165, 1.54) is 43.4 Å². The van der Waals surface area contributed by atoms with Gasteiger partial charge in [-0.15, -0.1) is 0 Å². The molecule has 6 heteroatoms. The summed E-state index contributed by atoms with van der Waals surface area (Å²) in [5.74, 6) is 0.985. The SMILES string of the molecule is Fc1cccc(Nc2cc(Nc3ccc(N4CCCCC4)cc3)ncn2)c1. The summed E-state index contributed by atoms with van der Waals surface area (Å²) in [7, 11) is 0. The van der Waals surface area contributed by atoms with Crippen molar-refractivity contribution in [1.29, 1.82) is 0 Å². The van der Waals surface area contributed by atoms with Crippen molar-refractivity contribution >= 4 is 28.7 Å². The van der Waals surface area contributed by atoms with Crippen molar-refractivity contribution in [2.75, 3.05) is 28.6 Å². The Labute approximate surface area is 158 Å². The lowest BCUT2D eigenvalue weighted by Gasteiger charge is -2.28. The van der Waals surface area contributed by atoms with Crippen molar-refractivity contribution in [2.45, 2.75) is 19.3 Å². The van der Waals surface area contributed by atoms with Crippen LogP contribution >= 0.6 is 0 Å². The molecule has 0 spiro atoms. The summed E-state index contributed by atoms with van der Waals surface area (Å²) in [6, 6.07) is 16.5. The zero-order chi connectivity index (χ0) is 18.5. The number of hydrogen-bond acceptors (Lipinski definition) is 5. The van der Waals surface area contributed by atoms with Crippen molar-refractivity contribution in [3.63, 3.8) is 0 Å². The quantitative estimate of drug-likeness (QED) is 0.661. The smallest absolute Gasteiger partial charge is 0.135 e. The second-order valence-corrected chi connectivity index (χ2v) is 6.64. The highest BCUT2D eigenvalue weighted by Crippen LogP contribution is 2.24. The molecule has 0 unspecified atom stereocenters. The first-order valence-electron chi connectivity index (χ1n) is 9.23. The van der Waals surface area contributed by atoms with Gasteiger partial charge >= 0.3 is 0 Å². The first-order valence-corrected chi connectivity index (χ1v) is 9.23. The summed E-state index contributed by atoms with van der Waals surface area (Å²) >= 11 is 0. The van der Waals surface area contributed by atoms with Crippen LogP contribution in [0.5, 0.6) is 0 Å². The van der Waals surface area contributed by atoms with E-state index in [4.69, 9.17) is 0 Å². The Morgan fingerprint density at radius 1 is 0.778 bits per heavy atom. The van der Waals surface area contributed by atoms with Gasteiger partial charge in [0.25, 0.3) is 0 Å². The molecule has 1 aliphatic heterocycles. The molecule has 1 aromatic heterocycles. The van der Waals surface area contributed by atoms with Gasteiger partial charge in [-0.3, -0.25) is 0 Å². The Balaban J connectivity index is 1.43. The van der Waals surface area contributed by atoms with Crippen LogP contribution in [-0.2, 0) is 0 Å². The van der Waals surface area contributed by atoms with Gasteiger partial charge in [0.15, 0.2) is 0 Å². The normalized spacial score (nSPS) is 14.0. The highest BCUT2D eigenvalue weighted by atomic mass is 19.1. The largest absolute Gasteiger partial charge is 0.372 e. The maximum atomic E-state index is 13.3. The van der Waals surface area contributed by atoms with E-state index in [1.807, 2.05) is 0 Å². The van der Waals surface area contributed by atoms with Crippen LogP contribution < -0.4 is 15.5 Å². The zero-order valence-corrected chi connectivity index (χ0v) is 15.0. The number of rotatable bonds is 5. The van der Waals surface area contributed by atoms with Crippen LogP contribution in [0.1, 0.15) is 19.3 Å². The number of nitrogens with one attached hydrogen (secondary N) is 2. The highest BCUT2D eigenvalue weighted by molar-refractivity contribution is 5.64. The molecule has 0 bridgehead atoms. The topological polar surface area (TPSA) is 53.1 Å². The summed E-state index contributed by atoms with van der Waals surface area (Å²) in [6.45, 7) is 2.27. The van der Waals surface area contributed by atoms with Crippen LogP contribution in [0.2, 0.25) is 0 Å². The fourth-order valence-corrected chi connectivity index (χ4v) is 3.26. The summed E-state index contributed by atoms with van der Waals surface area (Å²) in [5.41, 5.74) is 2.87. The molecule has 0 atom stereocenters. The number of benzene rings is 2. The lowest BCUT2D eigenvalue weighted by atomic mass is 10.1. The number of halogens is 1. The highest BCUT2D eigenvalue weighted by Gasteiger charge is 2.10. The minimum Gasteiger partial charge on any atom is -0.372 e. The second-order valence-electron chi connectivity index (χ2n) is 6.64. The molecule has 5 nitrogen and oxygen atoms in total. The number of piperidine rings is 1. The predicted molar refractivity (Wildman–Crippen MR) is 108 cm³/mol. The molecule has 27 heavy (non-hydrogen) atoms. The Hall–Kier alpha value is -3.15. The molecule has 0 radical (unpaired) electrons. The Morgan fingerprint density at radius 2 is 1.48 bits per heavy atom. The van der Waals surface area contributed by atoms with E-state index in [1.54, 1.807) is 18.2 Å². The average molecular weight is 363 g/mol. The van der Waals surface area contributed by atoms with Gasteiger partial charge in [-0.2, -0.15) is 0 Å². The van der Waals surface area contributed by atoms with E-state index in [9.17, 15) is 4.39 Å². The van der Waals surface area contributed by atoms with Crippen molar-refractivity contribution in [3.05, 3.63) is 66.7 Å². The van der Waals surface area contributed by atoms with Gasteiger partial charge < -0.3 is 15.5 Å². The molecule has 138 valence electrons. The fraction of sp³-hybridized carbons (Fsp3) is 0.238. The Kier molecular flexibility index (Phi) is 5.14. The molecule has 0 aliphatic carbocycles. The lowest BCUT2D eigenvalue weighted by Crippen LogP contribution is -2.29. The average Bonchev–Trinajstić information content (AvgIpc) is 2.70. The molecule has 2 heterocycles. The standard InChI is InChI=1S/C21H22FN5/c22-16-5-4-6-18(13-16)26-21-14-20(23-15-24-21)25-17-7-9-19(10-8-17)27-11-2-1-3-12-27/h4-10,13-15H,1-3,11-12H2,(H2,23,24,25,26). The molecule has 2 aromatic carbocycles. The molecule has 0 amide bonds. The van der Waals surface area contributed by atoms with Crippen molar-refractivity contribution < 1.29 is 4.39 Å². The number of hydrogen-bond donors (Lipinski definition) is 2. The minimum absolute atomic E-state index is 0.291. The molecule has 1 aliphatic rings. The summed E-state index contributed by atoms with van der Waals surface area (Å²) < 4.78 is 13.3. The van der Waals surface area contributed by atoms with E-state index < -0.39 is 0 Å². The number of nitrogens with zero attached hydrogens (tertiary/aromatic N) is 3. The summed E-state index contributed by atoms with van der Waals surface area (Å²) in [5, 5.41) is 6.37. The maximum absolute atomic E-state index is 13.3. The molecule has 1 fully saturated rings. The van der Waals surface area contributed by atoms with Gasteiger partial charge in [0.2, 0.25) is 0 Å². The zero-order valence-electron chi connectivity index (χ0n) is 15.0. The van der Waals surface area contributed by atoms with E-state index in [0.717, 1.165) is 18.8 Å². The number of aromatic nitrogens is 2. The first-order chi connectivity index (χ1) is 13.3. The molecular weight excluding hydrogens is 341 g/mol. The lowest BCUT2D eigenvalue weighted by molar-refractivity contribution is 0.578. The van der Waals surface area contributed by atoms with Gasteiger partial charge in [-0.25, -0.2) is 14.4 Å². The van der Waals surface area contributed by atoms with Crippen LogP contribution in [0.3, 0.4) is 0 Å². The van der Waals surface area contributed by atoms with Gasteiger partial charge in [0, 0.05) is 36.2 Å². The summed E-state index contributed by atoms with van der Waals surface area (Å²) in [6.07, 6.45) is 5.34. The summed E-state index contributed by atoms with van der Waals surface area (Å²) in [4.78, 5) is 10.9. The molecule has 0 saturated carbocycles. The minimum atomic E-state index is -0.291. The Morgan fingerprint density at radius 3 is 2.19 bits per heavy atom. The van der Waals surface area contributed by atoms with Crippen LogP contribution in [0, 0.1) is 5.82 Å². The third-order valence-corrected chi connectivity index (χ3v) is 4.63. The van der Waals surface area contributed by atoms with E-state index in [0.29, 0.717) is 17.3 Å². The maximum Gasteiger partial charge on any atom is 0.135 e. The third-order valence-electron chi connectivity index (χ3n) is 4.63. The Bertz CT molecular complexity index is 891. The predicted octanol–water partition coefficient (Wildman–Crippen LogP) is 5.09. The van der Waals surface area contributed by atoms with Crippen LogP contribution in [-0.4, -0.2) is 23.1 Å². The van der Waals surface area contributed by atoms with Gasteiger partial charge in [0.05, 0.1) is 0 Å². The monoisotopic (exact) mass is 363 g/mol. The van der Waals surface area contributed by atoms with Gasteiger partial charge in [0.1, 0.15) is 23.8 Å².